The Morgan fingerprint density at radius 1 is 1.27 bits per heavy atom. The first-order valence-corrected chi connectivity index (χ1v) is 9.72. The Labute approximate surface area is 177 Å². The lowest BCUT2D eigenvalue weighted by atomic mass is 9.92. The Kier molecular flexibility index (Phi) is 5.15. The first-order valence-electron chi connectivity index (χ1n) is 9.34. The third-order valence-electron chi connectivity index (χ3n) is 5.37. The molecule has 2 aromatic carbocycles. The summed E-state index contributed by atoms with van der Waals surface area (Å²) in [5.41, 5.74) is 1.39. The molecule has 0 N–H and O–H groups in total. The van der Waals surface area contributed by atoms with Crippen LogP contribution in [0.25, 0.3) is 10.9 Å². The van der Waals surface area contributed by atoms with Crippen molar-refractivity contribution in [3.8, 4) is 6.07 Å². The highest BCUT2D eigenvalue weighted by Gasteiger charge is 2.34. The Morgan fingerprint density at radius 2 is 1.97 bits per heavy atom. The summed E-state index contributed by atoms with van der Waals surface area (Å²) in [5, 5.41) is 10.9. The van der Waals surface area contributed by atoms with Gasteiger partial charge in [-0.3, -0.25) is 9.59 Å². The molecule has 0 radical (unpaired) electrons. The predicted octanol–water partition coefficient (Wildman–Crippen LogP) is 3.91. The zero-order valence-corrected chi connectivity index (χ0v) is 16.7. The fourth-order valence-electron chi connectivity index (χ4n) is 3.78. The number of nitrogens with zero attached hydrogens (tertiary/aromatic N) is 3. The second kappa shape index (κ2) is 7.77. The van der Waals surface area contributed by atoms with Crippen molar-refractivity contribution in [1.29, 1.82) is 5.26 Å². The van der Waals surface area contributed by atoms with Gasteiger partial charge in [-0.05, 0) is 42.0 Å². The molecule has 1 fully saturated rings. The third-order valence-corrected chi connectivity index (χ3v) is 5.60. The lowest BCUT2D eigenvalue weighted by Gasteiger charge is -2.40. The maximum Gasteiger partial charge on any atom is 0.271 e. The van der Waals surface area contributed by atoms with E-state index >= 15 is 0 Å². The molecule has 0 unspecified atom stereocenters. The van der Waals surface area contributed by atoms with Crippen molar-refractivity contribution in [1.82, 2.24) is 4.57 Å². The minimum absolute atomic E-state index is 0.00335. The summed E-state index contributed by atoms with van der Waals surface area (Å²) in [6, 6.07) is 13.0. The minimum atomic E-state index is -0.440. The van der Waals surface area contributed by atoms with Crippen LogP contribution in [0.5, 0.6) is 0 Å². The molecule has 5 nitrogen and oxygen atoms in total. The number of fused-ring (bicyclic) bond motifs is 1. The largest absolute Gasteiger partial charge is 0.368 e. The zero-order valence-electron chi connectivity index (χ0n) is 15.9. The smallest absolute Gasteiger partial charge is 0.271 e. The van der Waals surface area contributed by atoms with E-state index in [1.54, 1.807) is 30.3 Å². The van der Waals surface area contributed by atoms with Crippen LogP contribution in [-0.2, 0) is 11.3 Å². The molecule has 3 aromatic rings. The molecule has 1 saturated heterocycles. The second-order valence-corrected chi connectivity index (χ2v) is 7.66. The summed E-state index contributed by atoms with van der Waals surface area (Å²) < 4.78 is 14.8. The van der Waals surface area contributed by atoms with Crippen molar-refractivity contribution in [2.24, 2.45) is 5.92 Å². The van der Waals surface area contributed by atoms with Gasteiger partial charge >= 0.3 is 0 Å². The minimum Gasteiger partial charge on any atom is -0.368 e. The second-order valence-electron chi connectivity index (χ2n) is 7.22. The van der Waals surface area contributed by atoms with E-state index < -0.39 is 5.56 Å². The van der Waals surface area contributed by atoms with Crippen molar-refractivity contribution in [2.75, 3.05) is 18.0 Å². The molecule has 1 aromatic heterocycles. The maximum atomic E-state index is 13.3. The Bertz CT molecular complexity index is 1270. The van der Waals surface area contributed by atoms with Crippen LogP contribution in [0.3, 0.4) is 0 Å². The van der Waals surface area contributed by atoms with Crippen LogP contribution in [0.2, 0.25) is 5.02 Å². The van der Waals surface area contributed by atoms with Gasteiger partial charge in [0.1, 0.15) is 17.4 Å². The number of anilines is 1. The molecular formula is C23H17ClFN3O2. The molecular weight excluding hydrogens is 405 g/mol. The van der Waals surface area contributed by atoms with E-state index in [1.165, 1.54) is 22.8 Å². The lowest BCUT2D eigenvalue weighted by Crippen LogP contribution is -2.51. The monoisotopic (exact) mass is 421 g/mol. The van der Waals surface area contributed by atoms with Gasteiger partial charge in [-0.25, -0.2) is 4.39 Å². The van der Waals surface area contributed by atoms with E-state index in [0.29, 0.717) is 34.7 Å². The average Bonchev–Trinajstić information content (AvgIpc) is 2.71. The summed E-state index contributed by atoms with van der Waals surface area (Å²) in [6.07, 6.45) is 1.29. The van der Waals surface area contributed by atoms with Crippen LogP contribution in [0, 0.1) is 23.1 Å². The van der Waals surface area contributed by atoms with E-state index in [4.69, 9.17) is 11.6 Å². The highest BCUT2D eigenvalue weighted by atomic mass is 35.5. The molecule has 1 aliphatic rings. The molecule has 0 amide bonds. The van der Waals surface area contributed by atoms with Gasteiger partial charge in [-0.2, -0.15) is 5.26 Å². The Hall–Kier alpha value is -3.43. The summed E-state index contributed by atoms with van der Waals surface area (Å²) in [6.45, 7) is 4.51. The number of pyridine rings is 1. The summed E-state index contributed by atoms with van der Waals surface area (Å²) in [4.78, 5) is 27.0. The topological polar surface area (TPSA) is 66.1 Å². The van der Waals surface area contributed by atoms with Gasteiger partial charge in [0.15, 0.2) is 5.78 Å². The number of carbonyl (C=O) groups excluding carboxylic acids is 1. The number of carbonyl (C=O) groups is 1. The molecule has 30 heavy (non-hydrogen) atoms. The maximum absolute atomic E-state index is 13.3. The van der Waals surface area contributed by atoms with Crippen LogP contribution in [-0.4, -0.2) is 23.4 Å². The number of aromatic nitrogens is 1. The number of nitriles is 1. The zero-order chi connectivity index (χ0) is 21.4. The van der Waals surface area contributed by atoms with Crippen LogP contribution >= 0.6 is 11.6 Å². The lowest BCUT2D eigenvalue weighted by molar-refractivity contribution is -0.118. The molecule has 150 valence electrons. The highest BCUT2D eigenvalue weighted by Crippen LogP contribution is 2.35. The number of hydrogen-bond donors (Lipinski definition) is 0. The van der Waals surface area contributed by atoms with E-state index in [-0.39, 0.29) is 29.6 Å². The molecule has 0 spiro atoms. The number of hydrogen-bond acceptors (Lipinski definition) is 4. The van der Waals surface area contributed by atoms with Gasteiger partial charge in [0, 0.05) is 23.5 Å². The number of halogens is 2. The number of benzene rings is 2. The summed E-state index contributed by atoms with van der Waals surface area (Å²) in [7, 11) is 0. The van der Waals surface area contributed by atoms with Crippen LogP contribution in [0.1, 0.15) is 11.1 Å². The third kappa shape index (κ3) is 3.38. The van der Waals surface area contributed by atoms with Crippen molar-refractivity contribution < 1.29 is 9.18 Å². The molecule has 0 aliphatic carbocycles. The molecule has 0 saturated carbocycles. The first kappa shape index (κ1) is 19.9. The molecule has 7 heteroatoms. The fourth-order valence-corrected chi connectivity index (χ4v) is 3.95. The van der Waals surface area contributed by atoms with E-state index in [1.807, 2.05) is 11.0 Å². The van der Waals surface area contributed by atoms with Crippen molar-refractivity contribution in [2.45, 2.75) is 6.54 Å². The SMILES string of the molecule is C=CC(=O)C1CN(c2c(C#N)c(=O)n(Cc3ccc(F)cc3)c3ccc(Cl)cc23)C1. The summed E-state index contributed by atoms with van der Waals surface area (Å²) >= 11 is 6.23. The Balaban J connectivity index is 1.87. The average molecular weight is 422 g/mol. The number of rotatable bonds is 5. The van der Waals surface area contributed by atoms with Gasteiger partial charge in [0.05, 0.1) is 23.7 Å². The molecule has 1 aliphatic heterocycles. The van der Waals surface area contributed by atoms with Crippen LogP contribution in [0.4, 0.5) is 10.1 Å². The fraction of sp³-hybridized carbons (Fsp3) is 0.174. The molecule has 0 bridgehead atoms. The van der Waals surface area contributed by atoms with Crippen LogP contribution < -0.4 is 10.5 Å². The van der Waals surface area contributed by atoms with Gasteiger partial charge in [0.25, 0.3) is 5.56 Å². The predicted molar refractivity (Wildman–Crippen MR) is 114 cm³/mol. The Morgan fingerprint density at radius 3 is 2.60 bits per heavy atom. The van der Waals surface area contributed by atoms with Crippen molar-refractivity contribution in [3.63, 3.8) is 0 Å². The standard InChI is InChI=1S/C23H17ClFN3O2/c1-2-21(29)15-12-27(13-15)22-18-9-16(24)5-8-20(18)28(23(30)19(22)10-26)11-14-3-6-17(25)7-4-14/h2-9,15H,1,11-13H2. The highest BCUT2D eigenvalue weighted by molar-refractivity contribution is 6.31. The van der Waals surface area contributed by atoms with E-state index in [2.05, 4.69) is 6.58 Å². The quantitative estimate of drug-likeness (QED) is 0.586. The van der Waals surface area contributed by atoms with Crippen molar-refractivity contribution in [3.05, 3.63) is 87.4 Å². The molecule has 0 atom stereocenters. The molecule has 4 rings (SSSR count). The number of ketones is 1. The van der Waals surface area contributed by atoms with E-state index in [9.17, 15) is 19.2 Å². The number of allylic oxidation sites excluding steroid dienone is 1. The first-order chi connectivity index (χ1) is 14.4. The molecule has 2 heterocycles. The van der Waals surface area contributed by atoms with Gasteiger partial charge in [-0.15, -0.1) is 0 Å². The van der Waals surface area contributed by atoms with Gasteiger partial charge in [0.2, 0.25) is 0 Å². The van der Waals surface area contributed by atoms with E-state index in [0.717, 1.165) is 5.56 Å². The normalized spacial score (nSPS) is 13.7. The van der Waals surface area contributed by atoms with Gasteiger partial charge < -0.3 is 9.47 Å². The van der Waals surface area contributed by atoms with Crippen LogP contribution in [0.15, 0.2) is 59.9 Å². The summed E-state index contributed by atoms with van der Waals surface area (Å²) in [5.74, 6) is -0.626. The van der Waals surface area contributed by atoms with Crippen molar-refractivity contribution >= 4 is 34.0 Å². The van der Waals surface area contributed by atoms with Gasteiger partial charge in [-0.1, -0.05) is 30.3 Å².